The van der Waals surface area contributed by atoms with Gasteiger partial charge in [0.2, 0.25) is 5.43 Å². The van der Waals surface area contributed by atoms with Crippen LogP contribution in [0.4, 0.5) is 0 Å². The van der Waals surface area contributed by atoms with E-state index >= 15 is 0 Å². The topological polar surface area (TPSA) is 82.7 Å². The number of fused-ring (bicyclic) bond motifs is 1. The SMILES string of the molecule is O=c1cc(CNC2(CO)CCc3ccccc32)occ1O. The fourth-order valence-corrected chi connectivity index (χ4v) is 2.88. The number of hydrogen-bond acceptors (Lipinski definition) is 5. The van der Waals surface area contributed by atoms with E-state index in [9.17, 15) is 15.0 Å². The summed E-state index contributed by atoms with van der Waals surface area (Å²) in [5.41, 5.74) is 1.34. The molecule has 0 amide bonds. The Balaban J connectivity index is 1.83. The lowest BCUT2D eigenvalue weighted by Crippen LogP contribution is -2.43. The van der Waals surface area contributed by atoms with Gasteiger partial charge < -0.3 is 14.6 Å². The first-order valence-corrected chi connectivity index (χ1v) is 6.89. The quantitative estimate of drug-likeness (QED) is 0.789. The summed E-state index contributed by atoms with van der Waals surface area (Å²) in [5, 5.41) is 22.3. The van der Waals surface area contributed by atoms with Gasteiger partial charge >= 0.3 is 0 Å². The third-order valence-corrected chi connectivity index (χ3v) is 4.09. The molecule has 0 fully saturated rings. The lowest BCUT2D eigenvalue weighted by atomic mass is 9.92. The first-order valence-electron chi connectivity index (χ1n) is 6.89. The molecule has 3 rings (SSSR count). The second kappa shape index (κ2) is 5.35. The van der Waals surface area contributed by atoms with E-state index < -0.39 is 16.7 Å². The third kappa shape index (κ3) is 2.46. The average molecular weight is 287 g/mol. The summed E-state index contributed by atoms with van der Waals surface area (Å²) in [6.45, 7) is 0.288. The summed E-state index contributed by atoms with van der Waals surface area (Å²) >= 11 is 0. The molecule has 0 saturated heterocycles. The van der Waals surface area contributed by atoms with Gasteiger partial charge in [-0.2, -0.15) is 0 Å². The Morgan fingerprint density at radius 3 is 2.90 bits per heavy atom. The van der Waals surface area contributed by atoms with Crippen LogP contribution in [-0.2, 0) is 18.5 Å². The molecule has 0 radical (unpaired) electrons. The van der Waals surface area contributed by atoms with Crippen LogP contribution in [0.1, 0.15) is 23.3 Å². The Hall–Kier alpha value is -2.11. The van der Waals surface area contributed by atoms with E-state index in [4.69, 9.17) is 4.42 Å². The van der Waals surface area contributed by atoms with E-state index in [1.54, 1.807) is 0 Å². The van der Waals surface area contributed by atoms with Crippen molar-refractivity contribution in [3.63, 3.8) is 0 Å². The molecule has 1 heterocycles. The molecule has 1 unspecified atom stereocenters. The van der Waals surface area contributed by atoms with Crippen LogP contribution in [0.5, 0.6) is 5.75 Å². The Kier molecular flexibility index (Phi) is 3.53. The minimum atomic E-state index is -0.507. The van der Waals surface area contributed by atoms with Crippen LogP contribution in [-0.4, -0.2) is 16.8 Å². The zero-order valence-corrected chi connectivity index (χ0v) is 11.5. The van der Waals surface area contributed by atoms with Gasteiger partial charge in [-0.25, -0.2) is 0 Å². The lowest BCUT2D eigenvalue weighted by Gasteiger charge is -2.29. The molecule has 1 aromatic carbocycles. The minimum Gasteiger partial charge on any atom is -0.502 e. The van der Waals surface area contributed by atoms with Crippen molar-refractivity contribution in [2.24, 2.45) is 0 Å². The summed E-state index contributed by atoms with van der Waals surface area (Å²) < 4.78 is 5.18. The van der Waals surface area contributed by atoms with E-state index in [-0.39, 0.29) is 6.61 Å². The molecule has 5 heteroatoms. The summed E-state index contributed by atoms with van der Waals surface area (Å²) in [7, 11) is 0. The first kappa shape index (κ1) is 13.9. The monoisotopic (exact) mass is 287 g/mol. The number of hydrogen-bond donors (Lipinski definition) is 3. The number of aromatic hydroxyl groups is 1. The van der Waals surface area contributed by atoms with E-state index in [2.05, 4.69) is 11.4 Å². The van der Waals surface area contributed by atoms with Gasteiger partial charge in [0.1, 0.15) is 12.0 Å². The predicted molar refractivity (Wildman–Crippen MR) is 77.0 cm³/mol. The molecule has 3 N–H and O–H groups in total. The van der Waals surface area contributed by atoms with Crippen molar-refractivity contribution < 1.29 is 14.6 Å². The molecule has 1 aliphatic rings. The Labute approximate surface area is 121 Å². The van der Waals surface area contributed by atoms with Gasteiger partial charge in [0.05, 0.1) is 18.7 Å². The average Bonchev–Trinajstić information content (AvgIpc) is 2.88. The van der Waals surface area contributed by atoms with Gasteiger partial charge in [-0.3, -0.25) is 10.1 Å². The number of nitrogens with one attached hydrogen (secondary N) is 1. The normalized spacial score (nSPS) is 20.4. The third-order valence-electron chi connectivity index (χ3n) is 4.09. The van der Waals surface area contributed by atoms with Crippen LogP contribution in [0.15, 0.2) is 45.8 Å². The van der Waals surface area contributed by atoms with Crippen LogP contribution in [0.25, 0.3) is 0 Å². The molecule has 0 bridgehead atoms. The number of aliphatic hydroxyl groups excluding tert-OH is 1. The molecule has 1 aliphatic carbocycles. The number of benzene rings is 1. The highest BCUT2D eigenvalue weighted by Crippen LogP contribution is 2.36. The van der Waals surface area contributed by atoms with E-state index in [0.717, 1.165) is 24.7 Å². The molecule has 0 aliphatic heterocycles. The van der Waals surface area contributed by atoms with E-state index in [1.807, 2.05) is 18.2 Å². The molecule has 0 saturated carbocycles. The van der Waals surface area contributed by atoms with Crippen molar-refractivity contribution in [1.29, 1.82) is 0 Å². The second-order valence-corrected chi connectivity index (χ2v) is 5.35. The van der Waals surface area contributed by atoms with Gasteiger partial charge in [-0.15, -0.1) is 0 Å². The zero-order valence-electron chi connectivity index (χ0n) is 11.5. The molecule has 0 spiro atoms. The summed E-state index contributed by atoms with van der Waals surface area (Å²) in [4.78, 5) is 11.4. The smallest absolute Gasteiger partial charge is 0.226 e. The highest BCUT2D eigenvalue weighted by Gasteiger charge is 2.37. The van der Waals surface area contributed by atoms with Crippen LogP contribution in [0.3, 0.4) is 0 Å². The molecule has 2 aromatic rings. The standard InChI is InChI=1S/C16H17NO4/c18-10-16(6-5-11-3-1-2-4-13(11)16)17-8-12-7-14(19)15(20)9-21-12/h1-4,7,9,17-18,20H,5-6,8,10H2. The predicted octanol–water partition coefficient (Wildman–Crippen LogP) is 1.27. The molecule has 110 valence electrons. The van der Waals surface area contributed by atoms with Crippen LogP contribution < -0.4 is 10.7 Å². The molecule has 5 nitrogen and oxygen atoms in total. The highest BCUT2D eigenvalue weighted by atomic mass is 16.4. The van der Waals surface area contributed by atoms with Crippen LogP contribution in [0.2, 0.25) is 0 Å². The van der Waals surface area contributed by atoms with Crippen molar-refractivity contribution >= 4 is 0 Å². The summed E-state index contributed by atoms with van der Waals surface area (Å²) in [5.74, 6) is 0.0249. The maximum atomic E-state index is 11.4. The number of rotatable bonds is 4. The van der Waals surface area contributed by atoms with Crippen molar-refractivity contribution in [1.82, 2.24) is 5.32 Å². The Morgan fingerprint density at radius 1 is 1.33 bits per heavy atom. The molecule has 21 heavy (non-hydrogen) atoms. The fourth-order valence-electron chi connectivity index (χ4n) is 2.88. The van der Waals surface area contributed by atoms with Gasteiger partial charge in [-0.05, 0) is 24.0 Å². The fraction of sp³-hybridized carbons (Fsp3) is 0.312. The van der Waals surface area contributed by atoms with Gasteiger partial charge in [0.25, 0.3) is 0 Å². The molecule has 1 aromatic heterocycles. The van der Waals surface area contributed by atoms with Gasteiger partial charge in [-0.1, -0.05) is 24.3 Å². The van der Waals surface area contributed by atoms with Crippen molar-refractivity contribution in [2.45, 2.75) is 24.9 Å². The number of aliphatic hydroxyl groups is 1. The van der Waals surface area contributed by atoms with Crippen molar-refractivity contribution in [3.05, 3.63) is 63.7 Å². The Morgan fingerprint density at radius 2 is 2.14 bits per heavy atom. The largest absolute Gasteiger partial charge is 0.502 e. The maximum absolute atomic E-state index is 11.4. The maximum Gasteiger partial charge on any atom is 0.226 e. The zero-order chi connectivity index (χ0) is 14.9. The summed E-state index contributed by atoms with van der Waals surface area (Å²) in [6.07, 6.45) is 2.74. The molecule has 1 atom stereocenters. The molecular formula is C16H17NO4. The first-order chi connectivity index (χ1) is 10.1. The number of aryl methyl sites for hydroxylation is 1. The molecular weight excluding hydrogens is 270 g/mol. The van der Waals surface area contributed by atoms with Crippen molar-refractivity contribution in [3.8, 4) is 5.75 Å². The van der Waals surface area contributed by atoms with E-state index in [1.165, 1.54) is 11.6 Å². The van der Waals surface area contributed by atoms with Crippen LogP contribution in [0, 0.1) is 0 Å². The van der Waals surface area contributed by atoms with Gasteiger partial charge in [0, 0.05) is 6.07 Å². The van der Waals surface area contributed by atoms with Crippen molar-refractivity contribution in [2.75, 3.05) is 6.61 Å². The lowest BCUT2D eigenvalue weighted by molar-refractivity contribution is 0.155. The summed E-state index contributed by atoms with van der Waals surface area (Å²) in [6, 6.07) is 9.28. The second-order valence-electron chi connectivity index (χ2n) is 5.35. The van der Waals surface area contributed by atoms with E-state index in [0.29, 0.717) is 12.3 Å². The Bertz CT molecular complexity index is 709. The minimum absolute atomic E-state index is 0.0215. The highest BCUT2D eigenvalue weighted by molar-refractivity contribution is 5.39. The van der Waals surface area contributed by atoms with Gasteiger partial charge in [0.15, 0.2) is 5.75 Å². The van der Waals surface area contributed by atoms with Crippen LogP contribution >= 0.6 is 0 Å².